The number of hydrogen-bond acceptors (Lipinski definition) is 5. The van der Waals surface area contributed by atoms with Crippen molar-refractivity contribution in [2.24, 2.45) is 22.2 Å². The van der Waals surface area contributed by atoms with E-state index in [1.807, 2.05) is 42.1 Å². The van der Waals surface area contributed by atoms with Crippen LogP contribution in [0, 0.1) is 29.1 Å². The monoisotopic (exact) mass is 488 g/mol. The molecule has 3 heterocycles. The van der Waals surface area contributed by atoms with Gasteiger partial charge in [-0.15, -0.1) is 5.10 Å². The zero-order chi connectivity index (χ0) is 25.5. The Kier molecular flexibility index (Phi) is 4.95. The van der Waals surface area contributed by atoms with Crippen LogP contribution >= 0.6 is 0 Å². The van der Waals surface area contributed by atoms with Crippen molar-refractivity contribution in [3.8, 4) is 22.7 Å². The smallest absolute Gasteiger partial charge is 0.245 e. The zero-order valence-corrected chi connectivity index (χ0v) is 22.1. The van der Waals surface area contributed by atoms with Crippen LogP contribution < -0.4 is 10.1 Å². The number of carbonyl (C=O) groups is 1. The summed E-state index contributed by atoms with van der Waals surface area (Å²) in [7, 11) is 1.66. The summed E-state index contributed by atoms with van der Waals surface area (Å²) in [6, 6.07) is 5.77. The van der Waals surface area contributed by atoms with Gasteiger partial charge in [-0.25, -0.2) is 9.67 Å². The molecular formula is C28H36N6O2. The highest BCUT2D eigenvalue weighted by Gasteiger charge is 2.68. The van der Waals surface area contributed by atoms with Gasteiger partial charge in [-0.05, 0) is 66.9 Å². The van der Waals surface area contributed by atoms with Crippen LogP contribution in [0.25, 0.3) is 16.9 Å². The van der Waals surface area contributed by atoms with E-state index in [4.69, 9.17) is 4.74 Å². The van der Waals surface area contributed by atoms with Crippen molar-refractivity contribution in [1.29, 1.82) is 0 Å². The molecule has 3 aliphatic rings. The number of carbonyl (C=O) groups excluding carboxylic acids is 1. The van der Waals surface area contributed by atoms with Gasteiger partial charge in [0.2, 0.25) is 5.91 Å². The average molecular weight is 489 g/mol. The minimum Gasteiger partial charge on any atom is -0.495 e. The Morgan fingerprint density at radius 1 is 1.14 bits per heavy atom. The van der Waals surface area contributed by atoms with E-state index in [9.17, 15) is 4.79 Å². The number of benzene rings is 1. The fourth-order valence-corrected chi connectivity index (χ4v) is 7.65. The number of aryl methyl sites for hydroxylation is 1. The second-order valence-electron chi connectivity index (χ2n) is 12.4. The maximum atomic E-state index is 13.6. The molecular weight excluding hydrogens is 452 g/mol. The number of rotatable bonds is 4. The summed E-state index contributed by atoms with van der Waals surface area (Å²) in [6.07, 6.45) is 10.0. The number of nitrogens with zero attached hydrogens (tertiary/aromatic N) is 5. The molecule has 1 saturated heterocycles. The predicted octanol–water partition coefficient (Wildman–Crippen LogP) is 4.73. The van der Waals surface area contributed by atoms with Gasteiger partial charge in [-0.3, -0.25) is 4.79 Å². The van der Waals surface area contributed by atoms with Crippen molar-refractivity contribution in [2.75, 3.05) is 7.11 Å². The van der Waals surface area contributed by atoms with Crippen LogP contribution in [0.5, 0.6) is 5.75 Å². The number of methoxy groups -OCH3 is 1. The largest absolute Gasteiger partial charge is 0.495 e. The third kappa shape index (κ3) is 3.19. The number of imidazole rings is 1. The number of amides is 1. The van der Waals surface area contributed by atoms with Crippen molar-refractivity contribution in [3.05, 3.63) is 42.6 Å². The quantitative estimate of drug-likeness (QED) is 0.574. The number of ether oxygens (including phenoxy) is 1. The van der Waals surface area contributed by atoms with Crippen molar-refractivity contribution in [1.82, 2.24) is 29.9 Å². The molecule has 1 aromatic carbocycles. The average Bonchev–Trinajstić information content (AvgIpc) is 3.61. The molecule has 3 aromatic rings. The highest BCUT2D eigenvalue weighted by molar-refractivity contribution is 5.81. The molecule has 2 aliphatic carbocycles. The number of nitrogens with one attached hydrogen (secondary N) is 1. The predicted molar refractivity (Wildman–Crippen MR) is 137 cm³/mol. The Bertz CT molecular complexity index is 1340. The first-order valence-corrected chi connectivity index (χ1v) is 13.0. The first-order valence-electron chi connectivity index (χ1n) is 13.0. The van der Waals surface area contributed by atoms with Crippen LogP contribution in [0.15, 0.2) is 36.9 Å². The molecule has 1 amide bonds. The van der Waals surface area contributed by atoms with Crippen LogP contribution in [0.3, 0.4) is 0 Å². The Morgan fingerprint density at radius 3 is 2.67 bits per heavy atom. The van der Waals surface area contributed by atoms with E-state index in [0.29, 0.717) is 5.92 Å². The normalized spacial score (nSPS) is 30.1. The Hall–Kier alpha value is -3.16. The first-order chi connectivity index (χ1) is 17.1. The van der Waals surface area contributed by atoms with Crippen LogP contribution in [0.4, 0.5) is 0 Å². The van der Waals surface area contributed by atoms with E-state index in [-0.39, 0.29) is 34.2 Å². The molecule has 1 N–H and O–H groups in total. The number of hydrogen-bond donors (Lipinski definition) is 1. The van der Waals surface area contributed by atoms with Crippen molar-refractivity contribution < 1.29 is 9.53 Å². The molecule has 6 rings (SSSR count). The van der Waals surface area contributed by atoms with Crippen molar-refractivity contribution in [2.45, 2.75) is 72.4 Å². The Morgan fingerprint density at radius 2 is 1.94 bits per heavy atom. The van der Waals surface area contributed by atoms with Gasteiger partial charge in [-0.2, -0.15) is 0 Å². The lowest BCUT2D eigenvalue weighted by atomic mass is 9.56. The molecule has 4 unspecified atom stereocenters. The van der Waals surface area contributed by atoms with E-state index >= 15 is 0 Å². The molecule has 8 heteroatoms. The maximum Gasteiger partial charge on any atom is 0.245 e. The molecule has 1 spiro atoms. The third-order valence-corrected chi connectivity index (χ3v) is 9.83. The number of aromatic nitrogens is 5. The molecule has 36 heavy (non-hydrogen) atoms. The van der Waals surface area contributed by atoms with Crippen LogP contribution in [0.2, 0.25) is 0 Å². The Balaban J connectivity index is 1.32. The van der Waals surface area contributed by atoms with Gasteiger partial charge in [0.15, 0.2) is 0 Å². The van der Waals surface area contributed by atoms with Gasteiger partial charge in [0.05, 0.1) is 31.0 Å². The molecule has 8 nitrogen and oxygen atoms in total. The standard InChI is InChI=1S/C28H36N6O2/c1-17-14-33(16-29-17)21-8-7-18(11-23(21)36-6)20-15-34(32-31-20)22-13-26(2,3)28-10-9-19(12-28)27(4,5)25(28)30-24(22)35/h7-8,11,14-16,19,22,25H,9-10,12-13H2,1-6H3,(H,30,35). The van der Waals surface area contributed by atoms with E-state index in [2.05, 4.69) is 48.3 Å². The summed E-state index contributed by atoms with van der Waals surface area (Å²) >= 11 is 0. The molecule has 3 fully saturated rings. The molecule has 190 valence electrons. The van der Waals surface area contributed by atoms with E-state index in [0.717, 1.165) is 34.8 Å². The van der Waals surface area contributed by atoms with Gasteiger partial charge in [-0.1, -0.05) is 39.0 Å². The maximum absolute atomic E-state index is 13.6. The summed E-state index contributed by atoms with van der Waals surface area (Å²) < 4.78 is 9.39. The lowest BCUT2D eigenvalue weighted by molar-refractivity contribution is -0.126. The fraction of sp³-hybridized carbons (Fsp3) is 0.571. The van der Waals surface area contributed by atoms with Crippen LogP contribution in [-0.4, -0.2) is 43.6 Å². The SMILES string of the molecule is COc1cc(-c2cn(C3CC(C)(C)C45CCC(C4)C(C)(C)C5NC3=O)nn2)ccc1-n1cnc(C)c1. The van der Waals surface area contributed by atoms with Crippen LogP contribution in [0.1, 0.15) is 65.1 Å². The van der Waals surface area contributed by atoms with Crippen molar-refractivity contribution >= 4 is 5.91 Å². The summed E-state index contributed by atoms with van der Waals surface area (Å²) in [6.45, 7) is 11.4. The molecule has 1 aliphatic heterocycles. The third-order valence-electron chi connectivity index (χ3n) is 9.83. The highest BCUT2D eigenvalue weighted by atomic mass is 16.5. The van der Waals surface area contributed by atoms with Gasteiger partial charge in [0.25, 0.3) is 0 Å². The van der Waals surface area contributed by atoms with Gasteiger partial charge < -0.3 is 14.6 Å². The lowest BCUT2D eigenvalue weighted by Crippen LogP contribution is -2.55. The van der Waals surface area contributed by atoms with Crippen molar-refractivity contribution in [3.63, 3.8) is 0 Å². The van der Waals surface area contributed by atoms with Crippen LogP contribution in [-0.2, 0) is 4.79 Å². The molecule has 2 bridgehead atoms. The summed E-state index contributed by atoms with van der Waals surface area (Å²) in [5.74, 6) is 1.46. The minimum absolute atomic E-state index is 0.00389. The molecule has 2 aromatic heterocycles. The molecule has 4 atom stereocenters. The van der Waals surface area contributed by atoms with E-state index in [1.165, 1.54) is 19.3 Å². The summed E-state index contributed by atoms with van der Waals surface area (Å²) in [5, 5.41) is 12.4. The lowest BCUT2D eigenvalue weighted by Gasteiger charge is -2.50. The Labute approximate surface area is 212 Å². The fourth-order valence-electron chi connectivity index (χ4n) is 7.65. The molecule has 0 radical (unpaired) electrons. The van der Waals surface area contributed by atoms with E-state index in [1.54, 1.807) is 18.1 Å². The zero-order valence-electron chi connectivity index (χ0n) is 22.1. The topological polar surface area (TPSA) is 86.9 Å². The van der Waals surface area contributed by atoms with Gasteiger partial charge >= 0.3 is 0 Å². The first kappa shape index (κ1) is 23.3. The molecule has 2 saturated carbocycles. The van der Waals surface area contributed by atoms with Gasteiger partial charge in [0, 0.05) is 17.8 Å². The number of fused-ring (bicyclic) bond motifs is 1. The van der Waals surface area contributed by atoms with Gasteiger partial charge in [0.1, 0.15) is 17.5 Å². The van der Waals surface area contributed by atoms with E-state index < -0.39 is 0 Å². The highest BCUT2D eigenvalue weighted by Crippen LogP contribution is 2.70. The second-order valence-corrected chi connectivity index (χ2v) is 12.4. The second kappa shape index (κ2) is 7.67. The summed E-state index contributed by atoms with van der Waals surface area (Å²) in [4.78, 5) is 17.9. The summed E-state index contributed by atoms with van der Waals surface area (Å²) in [5.41, 5.74) is 3.71. The minimum atomic E-state index is -0.383.